The maximum absolute atomic E-state index is 8.62. The van der Waals surface area contributed by atoms with Gasteiger partial charge in [0, 0.05) is 0 Å². The zero-order valence-corrected chi connectivity index (χ0v) is 7.10. The molecule has 0 unspecified atom stereocenters. The lowest BCUT2D eigenvalue weighted by molar-refractivity contribution is 1.19. The van der Waals surface area contributed by atoms with Crippen molar-refractivity contribution in [2.75, 3.05) is 11.5 Å². The van der Waals surface area contributed by atoms with Gasteiger partial charge in [-0.25, -0.2) is 4.98 Å². The summed E-state index contributed by atoms with van der Waals surface area (Å²) in [6, 6.07) is 5.11. The first kappa shape index (κ1) is 8.19. The fourth-order valence-corrected chi connectivity index (χ4v) is 1.11. The standard InChI is InChI=1S/C8H6N6/c9-3-4-1-2-5-6(10)13-8(11)14-7(5)12-4/h1-2H,(H4,10,11,12,13,14). The number of fused-ring (bicyclic) bond motifs is 1. The summed E-state index contributed by atoms with van der Waals surface area (Å²) in [4.78, 5) is 11.6. The minimum Gasteiger partial charge on any atom is -0.383 e. The topological polar surface area (TPSA) is 114 Å². The van der Waals surface area contributed by atoms with E-state index in [4.69, 9.17) is 16.7 Å². The van der Waals surface area contributed by atoms with Crippen molar-refractivity contribution in [3.63, 3.8) is 0 Å². The highest BCUT2D eigenvalue weighted by Crippen LogP contribution is 2.16. The van der Waals surface area contributed by atoms with Crippen LogP contribution in [-0.4, -0.2) is 15.0 Å². The van der Waals surface area contributed by atoms with E-state index in [0.29, 0.717) is 11.0 Å². The highest BCUT2D eigenvalue weighted by atomic mass is 15.1. The Balaban J connectivity index is 2.83. The van der Waals surface area contributed by atoms with Crippen molar-refractivity contribution in [1.29, 1.82) is 5.26 Å². The lowest BCUT2D eigenvalue weighted by Crippen LogP contribution is -2.01. The number of hydrogen-bond acceptors (Lipinski definition) is 6. The normalized spacial score (nSPS) is 9.93. The maximum Gasteiger partial charge on any atom is 0.224 e. The Kier molecular flexibility index (Phi) is 1.65. The van der Waals surface area contributed by atoms with Crippen LogP contribution in [0.1, 0.15) is 5.69 Å². The average Bonchev–Trinajstić information content (AvgIpc) is 2.16. The molecule has 0 amide bonds. The number of pyridine rings is 1. The van der Waals surface area contributed by atoms with Crippen molar-refractivity contribution in [3.05, 3.63) is 17.8 Å². The maximum atomic E-state index is 8.62. The van der Waals surface area contributed by atoms with Crippen molar-refractivity contribution in [2.45, 2.75) is 0 Å². The van der Waals surface area contributed by atoms with Crippen LogP contribution >= 0.6 is 0 Å². The van der Waals surface area contributed by atoms with Gasteiger partial charge in [0.15, 0.2) is 5.65 Å². The summed E-state index contributed by atoms with van der Waals surface area (Å²) in [6.45, 7) is 0. The van der Waals surface area contributed by atoms with Gasteiger partial charge in [-0.2, -0.15) is 15.2 Å². The van der Waals surface area contributed by atoms with E-state index in [1.54, 1.807) is 12.1 Å². The van der Waals surface area contributed by atoms with E-state index in [1.165, 1.54) is 0 Å². The molecule has 0 aliphatic carbocycles. The van der Waals surface area contributed by atoms with Gasteiger partial charge in [-0.3, -0.25) is 0 Å². The van der Waals surface area contributed by atoms with Crippen molar-refractivity contribution in [2.24, 2.45) is 0 Å². The number of hydrogen-bond donors (Lipinski definition) is 2. The van der Waals surface area contributed by atoms with Crippen LogP contribution < -0.4 is 11.5 Å². The number of rotatable bonds is 0. The summed E-state index contributed by atoms with van der Waals surface area (Å²) >= 11 is 0. The second-order valence-corrected chi connectivity index (χ2v) is 2.65. The molecule has 0 fully saturated rings. The molecule has 0 atom stereocenters. The lowest BCUT2D eigenvalue weighted by atomic mass is 10.3. The molecular weight excluding hydrogens is 180 g/mol. The first-order valence-corrected chi connectivity index (χ1v) is 3.80. The molecular formula is C8H6N6. The molecule has 4 N–H and O–H groups in total. The third-order valence-electron chi connectivity index (χ3n) is 1.72. The molecule has 6 heteroatoms. The Morgan fingerprint density at radius 2 is 1.93 bits per heavy atom. The first-order chi connectivity index (χ1) is 6.70. The van der Waals surface area contributed by atoms with Crippen LogP contribution in [0.3, 0.4) is 0 Å². The second-order valence-electron chi connectivity index (χ2n) is 2.65. The van der Waals surface area contributed by atoms with E-state index in [1.807, 2.05) is 6.07 Å². The zero-order chi connectivity index (χ0) is 10.1. The van der Waals surface area contributed by atoms with Crippen molar-refractivity contribution in [1.82, 2.24) is 15.0 Å². The Hall–Kier alpha value is -2.42. The predicted molar refractivity (Wildman–Crippen MR) is 50.9 cm³/mol. The SMILES string of the molecule is N#Cc1ccc2c(N)nc(N)nc2n1. The van der Waals surface area contributed by atoms with Crippen molar-refractivity contribution >= 4 is 22.8 Å². The van der Waals surface area contributed by atoms with Crippen molar-refractivity contribution < 1.29 is 0 Å². The van der Waals surface area contributed by atoms with Gasteiger partial charge < -0.3 is 11.5 Å². The molecule has 6 nitrogen and oxygen atoms in total. The fourth-order valence-electron chi connectivity index (χ4n) is 1.11. The van der Waals surface area contributed by atoms with E-state index >= 15 is 0 Å². The van der Waals surface area contributed by atoms with Crippen LogP contribution in [0.5, 0.6) is 0 Å². The molecule has 2 heterocycles. The fraction of sp³-hybridized carbons (Fsp3) is 0. The summed E-state index contributed by atoms with van der Waals surface area (Å²) < 4.78 is 0. The minimum absolute atomic E-state index is 0.0533. The average molecular weight is 186 g/mol. The molecule has 0 aliphatic rings. The van der Waals surface area contributed by atoms with Crippen molar-refractivity contribution in [3.8, 4) is 6.07 Å². The summed E-state index contributed by atoms with van der Waals surface area (Å²) in [5, 5.41) is 9.21. The van der Waals surface area contributed by atoms with Gasteiger partial charge in [0.1, 0.15) is 17.6 Å². The van der Waals surface area contributed by atoms with E-state index in [0.717, 1.165) is 0 Å². The predicted octanol–water partition coefficient (Wildman–Crippen LogP) is 0.0609. The molecule has 0 saturated carbocycles. The quantitative estimate of drug-likeness (QED) is 0.601. The number of anilines is 2. The van der Waals surface area contributed by atoms with E-state index < -0.39 is 0 Å². The summed E-state index contributed by atoms with van der Waals surface area (Å²) in [5.41, 5.74) is 11.6. The van der Waals surface area contributed by atoms with Gasteiger partial charge in [-0.15, -0.1) is 0 Å². The molecule has 0 aromatic carbocycles. The van der Waals surface area contributed by atoms with Crippen LogP contribution in [-0.2, 0) is 0 Å². The van der Waals surface area contributed by atoms with Crippen LogP contribution in [0.2, 0.25) is 0 Å². The molecule has 0 spiro atoms. The number of nitrogen functional groups attached to an aromatic ring is 2. The van der Waals surface area contributed by atoms with Crippen LogP contribution in [0.4, 0.5) is 11.8 Å². The Morgan fingerprint density at radius 1 is 1.14 bits per heavy atom. The van der Waals surface area contributed by atoms with E-state index in [2.05, 4.69) is 15.0 Å². The molecule has 0 radical (unpaired) electrons. The number of nitrogens with two attached hydrogens (primary N) is 2. The molecule has 0 saturated heterocycles. The number of aromatic nitrogens is 3. The summed E-state index contributed by atoms with van der Waals surface area (Å²) in [6.07, 6.45) is 0. The molecule has 14 heavy (non-hydrogen) atoms. The van der Waals surface area contributed by atoms with Crippen LogP contribution in [0.25, 0.3) is 11.0 Å². The van der Waals surface area contributed by atoms with Gasteiger partial charge in [-0.1, -0.05) is 0 Å². The molecule has 0 bridgehead atoms. The number of nitrogens with zero attached hydrogens (tertiary/aromatic N) is 4. The van der Waals surface area contributed by atoms with Gasteiger partial charge in [0.25, 0.3) is 0 Å². The molecule has 2 aromatic rings. The molecule has 2 rings (SSSR count). The Labute approximate surface area is 79.2 Å². The first-order valence-electron chi connectivity index (χ1n) is 3.80. The third-order valence-corrected chi connectivity index (χ3v) is 1.72. The molecule has 2 aromatic heterocycles. The van der Waals surface area contributed by atoms with Gasteiger partial charge in [0.05, 0.1) is 5.39 Å². The van der Waals surface area contributed by atoms with E-state index in [9.17, 15) is 0 Å². The zero-order valence-electron chi connectivity index (χ0n) is 7.10. The smallest absolute Gasteiger partial charge is 0.224 e. The molecule has 0 aliphatic heterocycles. The minimum atomic E-state index is 0.0533. The van der Waals surface area contributed by atoms with Gasteiger partial charge >= 0.3 is 0 Å². The highest BCUT2D eigenvalue weighted by Gasteiger charge is 2.04. The third kappa shape index (κ3) is 1.17. The molecule has 68 valence electrons. The Bertz CT molecular complexity index is 541. The van der Waals surface area contributed by atoms with Crippen LogP contribution in [0, 0.1) is 11.3 Å². The second kappa shape index (κ2) is 2.81. The van der Waals surface area contributed by atoms with Gasteiger partial charge in [-0.05, 0) is 12.1 Å². The lowest BCUT2D eigenvalue weighted by Gasteiger charge is -2.00. The summed E-state index contributed by atoms with van der Waals surface area (Å²) in [7, 11) is 0. The van der Waals surface area contributed by atoms with E-state index in [-0.39, 0.29) is 17.5 Å². The monoisotopic (exact) mass is 186 g/mol. The Morgan fingerprint density at radius 3 is 2.64 bits per heavy atom. The number of nitriles is 1. The largest absolute Gasteiger partial charge is 0.383 e. The van der Waals surface area contributed by atoms with Gasteiger partial charge in [0.2, 0.25) is 5.95 Å². The summed E-state index contributed by atoms with van der Waals surface area (Å²) in [5.74, 6) is 0.321. The van der Waals surface area contributed by atoms with Crippen LogP contribution in [0.15, 0.2) is 12.1 Å². The highest BCUT2D eigenvalue weighted by molar-refractivity contribution is 5.86.